The maximum atomic E-state index is 12.9. The molecule has 0 aliphatic rings. The number of rotatable bonds is 9. The quantitative estimate of drug-likeness (QED) is 0.753. The fourth-order valence-corrected chi connectivity index (χ4v) is 2.71. The molecule has 0 atom stereocenters. The van der Waals surface area contributed by atoms with Gasteiger partial charge in [0.2, 0.25) is 0 Å². The highest BCUT2D eigenvalue weighted by Crippen LogP contribution is 2.15. The summed E-state index contributed by atoms with van der Waals surface area (Å²) in [5, 5.41) is 2.88. The lowest BCUT2D eigenvalue weighted by Crippen LogP contribution is -2.28. The van der Waals surface area contributed by atoms with Gasteiger partial charge < -0.3 is 10.2 Å². The van der Waals surface area contributed by atoms with E-state index in [1.165, 1.54) is 12.1 Å². The molecule has 25 heavy (non-hydrogen) atoms. The second-order valence-corrected chi connectivity index (χ2v) is 6.02. The number of nitrogens with zero attached hydrogens (tertiary/aromatic N) is 2. The van der Waals surface area contributed by atoms with Gasteiger partial charge in [0.05, 0.1) is 0 Å². The molecule has 1 N–H and O–H groups in total. The number of hydrogen-bond donors (Lipinski definition) is 1. The van der Waals surface area contributed by atoms with Gasteiger partial charge in [-0.15, -0.1) is 0 Å². The highest BCUT2D eigenvalue weighted by molar-refractivity contribution is 5.93. The zero-order valence-electron chi connectivity index (χ0n) is 15.0. The first-order valence-electron chi connectivity index (χ1n) is 8.87. The van der Waals surface area contributed by atoms with Crippen LogP contribution in [0, 0.1) is 5.82 Å². The van der Waals surface area contributed by atoms with Crippen molar-refractivity contribution < 1.29 is 9.18 Å². The molecule has 5 heteroatoms. The number of amides is 1. The van der Waals surface area contributed by atoms with Crippen molar-refractivity contribution in [3.05, 3.63) is 59.7 Å². The van der Waals surface area contributed by atoms with Crippen LogP contribution in [0.1, 0.15) is 42.7 Å². The molecule has 0 fully saturated rings. The van der Waals surface area contributed by atoms with E-state index >= 15 is 0 Å². The molecule has 0 saturated heterocycles. The van der Waals surface area contributed by atoms with Crippen molar-refractivity contribution in [3.63, 3.8) is 0 Å². The SMILES string of the molecule is CCCN(CCC)c1ccnc(C(=O)NCCc2ccc(F)cc2)c1. The van der Waals surface area contributed by atoms with Gasteiger partial charge in [0.25, 0.3) is 5.91 Å². The second kappa shape index (κ2) is 9.77. The van der Waals surface area contributed by atoms with E-state index in [2.05, 4.69) is 29.0 Å². The Morgan fingerprint density at radius 1 is 1.12 bits per heavy atom. The molecule has 1 aromatic heterocycles. The smallest absolute Gasteiger partial charge is 0.269 e. The molecule has 0 aliphatic heterocycles. The minimum absolute atomic E-state index is 0.183. The molecule has 1 heterocycles. The lowest BCUT2D eigenvalue weighted by molar-refractivity contribution is 0.0949. The molecular weight excluding hydrogens is 317 g/mol. The Labute approximate surface area is 149 Å². The maximum absolute atomic E-state index is 12.9. The van der Waals surface area contributed by atoms with Crippen molar-refractivity contribution in [1.29, 1.82) is 0 Å². The first kappa shape index (κ1) is 18.9. The number of hydrogen-bond acceptors (Lipinski definition) is 3. The number of pyridine rings is 1. The molecule has 0 saturated carbocycles. The van der Waals surface area contributed by atoms with Gasteiger partial charge in [0.15, 0.2) is 0 Å². The normalized spacial score (nSPS) is 10.5. The van der Waals surface area contributed by atoms with E-state index in [9.17, 15) is 9.18 Å². The average Bonchev–Trinajstić information content (AvgIpc) is 2.63. The Hall–Kier alpha value is -2.43. The van der Waals surface area contributed by atoms with Crippen molar-refractivity contribution in [1.82, 2.24) is 10.3 Å². The zero-order chi connectivity index (χ0) is 18.1. The summed E-state index contributed by atoms with van der Waals surface area (Å²) in [6.45, 7) is 6.71. The van der Waals surface area contributed by atoms with Crippen LogP contribution in [0.2, 0.25) is 0 Å². The molecule has 4 nitrogen and oxygen atoms in total. The van der Waals surface area contributed by atoms with E-state index in [-0.39, 0.29) is 11.7 Å². The Morgan fingerprint density at radius 3 is 2.44 bits per heavy atom. The fourth-order valence-electron chi connectivity index (χ4n) is 2.71. The van der Waals surface area contributed by atoms with Crippen LogP contribution in [-0.4, -0.2) is 30.5 Å². The van der Waals surface area contributed by atoms with E-state index in [4.69, 9.17) is 0 Å². The van der Waals surface area contributed by atoms with Crippen molar-refractivity contribution in [3.8, 4) is 0 Å². The van der Waals surface area contributed by atoms with Gasteiger partial charge in [-0.3, -0.25) is 9.78 Å². The molecule has 2 rings (SSSR count). The van der Waals surface area contributed by atoms with E-state index in [1.54, 1.807) is 18.3 Å². The number of benzene rings is 1. The maximum Gasteiger partial charge on any atom is 0.269 e. The molecule has 1 amide bonds. The predicted octanol–water partition coefficient (Wildman–Crippen LogP) is 3.82. The number of halogens is 1. The summed E-state index contributed by atoms with van der Waals surface area (Å²) in [5.41, 5.74) is 2.44. The first-order valence-corrected chi connectivity index (χ1v) is 8.87. The Morgan fingerprint density at radius 2 is 1.80 bits per heavy atom. The molecule has 2 aromatic rings. The first-order chi connectivity index (χ1) is 12.1. The Kier molecular flexibility index (Phi) is 7.38. The largest absolute Gasteiger partial charge is 0.371 e. The van der Waals surface area contributed by atoms with Gasteiger partial charge in [0.1, 0.15) is 11.5 Å². The van der Waals surface area contributed by atoms with Crippen molar-refractivity contribution in [2.75, 3.05) is 24.5 Å². The van der Waals surface area contributed by atoms with Crippen LogP contribution in [0.5, 0.6) is 0 Å². The zero-order valence-corrected chi connectivity index (χ0v) is 15.0. The van der Waals surface area contributed by atoms with Crippen LogP contribution >= 0.6 is 0 Å². The number of nitrogens with one attached hydrogen (secondary N) is 1. The Bertz CT molecular complexity index is 667. The lowest BCUT2D eigenvalue weighted by Gasteiger charge is -2.23. The molecule has 1 aromatic carbocycles. The third-order valence-electron chi connectivity index (χ3n) is 3.94. The summed E-state index contributed by atoms with van der Waals surface area (Å²) in [6, 6.07) is 10.1. The molecule has 0 aliphatic carbocycles. The van der Waals surface area contributed by atoms with Gasteiger partial charge in [-0.1, -0.05) is 26.0 Å². The van der Waals surface area contributed by atoms with Gasteiger partial charge in [-0.05, 0) is 49.1 Å². The monoisotopic (exact) mass is 343 g/mol. The lowest BCUT2D eigenvalue weighted by atomic mass is 10.1. The second-order valence-electron chi connectivity index (χ2n) is 6.02. The molecule has 134 valence electrons. The van der Waals surface area contributed by atoms with Crippen LogP contribution in [0.25, 0.3) is 0 Å². The fraction of sp³-hybridized carbons (Fsp3) is 0.400. The van der Waals surface area contributed by atoms with E-state index < -0.39 is 0 Å². The molecule has 0 unspecified atom stereocenters. The minimum Gasteiger partial charge on any atom is -0.371 e. The average molecular weight is 343 g/mol. The van der Waals surface area contributed by atoms with Crippen LogP contribution in [0.4, 0.5) is 10.1 Å². The van der Waals surface area contributed by atoms with Crippen LogP contribution in [0.15, 0.2) is 42.6 Å². The molecular formula is C20H26FN3O. The van der Waals surface area contributed by atoms with Gasteiger partial charge in [-0.2, -0.15) is 0 Å². The van der Waals surface area contributed by atoms with Crippen molar-refractivity contribution >= 4 is 11.6 Å². The van der Waals surface area contributed by atoms with Crippen LogP contribution in [0.3, 0.4) is 0 Å². The minimum atomic E-state index is -0.252. The van der Waals surface area contributed by atoms with Crippen LogP contribution in [-0.2, 0) is 6.42 Å². The molecule has 0 radical (unpaired) electrons. The summed E-state index contributed by atoms with van der Waals surface area (Å²) < 4.78 is 12.9. The van der Waals surface area contributed by atoms with E-state index in [0.717, 1.165) is 37.2 Å². The predicted molar refractivity (Wildman–Crippen MR) is 99.5 cm³/mol. The Balaban J connectivity index is 1.94. The topological polar surface area (TPSA) is 45.2 Å². The number of aromatic nitrogens is 1. The number of carbonyl (C=O) groups is 1. The van der Waals surface area contributed by atoms with Crippen LogP contribution < -0.4 is 10.2 Å². The summed E-state index contributed by atoms with van der Waals surface area (Å²) in [4.78, 5) is 18.8. The molecule has 0 bridgehead atoms. The highest BCUT2D eigenvalue weighted by atomic mass is 19.1. The number of anilines is 1. The summed E-state index contributed by atoms with van der Waals surface area (Å²) in [7, 11) is 0. The van der Waals surface area contributed by atoms with Crippen molar-refractivity contribution in [2.45, 2.75) is 33.1 Å². The summed E-state index contributed by atoms with van der Waals surface area (Å²) >= 11 is 0. The third-order valence-corrected chi connectivity index (χ3v) is 3.94. The summed E-state index contributed by atoms with van der Waals surface area (Å²) in [5.74, 6) is -0.436. The van der Waals surface area contributed by atoms with E-state index in [1.807, 2.05) is 12.1 Å². The standard InChI is InChI=1S/C20H26FN3O/c1-3-13-24(14-4-2)18-10-12-22-19(15-18)20(25)23-11-9-16-5-7-17(21)8-6-16/h5-8,10,12,15H,3-4,9,11,13-14H2,1-2H3,(H,23,25). The summed E-state index contributed by atoms with van der Waals surface area (Å²) in [6.07, 6.45) is 4.45. The highest BCUT2D eigenvalue weighted by Gasteiger charge is 2.11. The van der Waals surface area contributed by atoms with E-state index in [0.29, 0.717) is 18.7 Å². The molecule has 0 spiro atoms. The number of carbonyl (C=O) groups excluding carboxylic acids is 1. The van der Waals surface area contributed by atoms with Gasteiger partial charge in [0, 0.05) is 31.5 Å². The third kappa shape index (κ3) is 5.85. The van der Waals surface area contributed by atoms with Gasteiger partial charge in [-0.25, -0.2) is 4.39 Å². The van der Waals surface area contributed by atoms with Crippen molar-refractivity contribution in [2.24, 2.45) is 0 Å². The van der Waals surface area contributed by atoms with Gasteiger partial charge >= 0.3 is 0 Å².